The molecule has 5 rings (SSSR count). The lowest BCUT2D eigenvalue weighted by Crippen LogP contribution is -2.57. The van der Waals surface area contributed by atoms with E-state index < -0.39 is 5.97 Å². The summed E-state index contributed by atoms with van der Waals surface area (Å²) in [5.74, 6) is 1.31. The van der Waals surface area contributed by atoms with Gasteiger partial charge in [0.25, 0.3) is 0 Å². The van der Waals surface area contributed by atoms with Gasteiger partial charge in [-0.1, -0.05) is 29.8 Å². The van der Waals surface area contributed by atoms with Gasteiger partial charge in [-0.2, -0.15) is 0 Å². The van der Waals surface area contributed by atoms with Crippen molar-refractivity contribution < 1.29 is 19.4 Å². The maximum absolute atomic E-state index is 11.0. The smallest absolute Gasteiger partial charge is 0.309 e. The van der Waals surface area contributed by atoms with Crippen LogP contribution in [0.3, 0.4) is 0 Å². The lowest BCUT2D eigenvalue weighted by Gasteiger charge is -2.43. The molecule has 2 heterocycles. The van der Waals surface area contributed by atoms with E-state index in [-0.39, 0.29) is 12.0 Å². The molecular formula is C23H24ClNO4. The Morgan fingerprint density at radius 1 is 1.24 bits per heavy atom. The van der Waals surface area contributed by atoms with E-state index >= 15 is 0 Å². The van der Waals surface area contributed by atoms with Gasteiger partial charge in [0.2, 0.25) is 0 Å². The fourth-order valence-electron chi connectivity index (χ4n) is 4.29. The summed E-state index contributed by atoms with van der Waals surface area (Å²) < 4.78 is 12.0. The maximum Gasteiger partial charge on any atom is 0.309 e. The first-order valence-corrected chi connectivity index (χ1v) is 10.6. The van der Waals surface area contributed by atoms with Crippen LogP contribution in [0, 0.1) is 5.92 Å². The Labute approximate surface area is 175 Å². The zero-order chi connectivity index (χ0) is 20.0. The molecule has 1 saturated heterocycles. The molecule has 2 fully saturated rings. The largest absolute Gasteiger partial charge is 0.492 e. The van der Waals surface area contributed by atoms with Gasteiger partial charge in [0.15, 0.2) is 0 Å². The van der Waals surface area contributed by atoms with E-state index in [1.54, 1.807) is 0 Å². The predicted octanol–water partition coefficient (Wildman–Crippen LogP) is 4.12. The molecule has 1 N–H and O–H groups in total. The van der Waals surface area contributed by atoms with Crippen LogP contribution in [0.15, 0.2) is 36.4 Å². The standard InChI is InChI=1S/C23H24ClNO4/c24-21-3-1-2-19(14-4-5-14)20(21)13-28-18-7-6-15-8-17(12-29-22(15)9-18)25-10-16(11-25)23(26)27/h1-3,6-7,9,14,16-17H,4-5,8,10-13H2,(H,26,27). The number of nitrogens with zero attached hydrogens (tertiary/aromatic N) is 1. The Balaban J connectivity index is 1.23. The Morgan fingerprint density at radius 2 is 2.07 bits per heavy atom. The van der Waals surface area contributed by atoms with Gasteiger partial charge in [-0.15, -0.1) is 0 Å². The third-order valence-corrected chi connectivity index (χ3v) is 6.61. The normalized spacial score (nSPS) is 21.8. The summed E-state index contributed by atoms with van der Waals surface area (Å²) >= 11 is 6.43. The molecule has 0 amide bonds. The minimum Gasteiger partial charge on any atom is -0.492 e. The van der Waals surface area contributed by atoms with Crippen molar-refractivity contribution in [3.05, 3.63) is 58.1 Å². The van der Waals surface area contributed by atoms with Gasteiger partial charge in [-0.05, 0) is 48.4 Å². The first-order chi connectivity index (χ1) is 14.1. The van der Waals surface area contributed by atoms with Crippen molar-refractivity contribution >= 4 is 17.6 Å². The molecule has 152 valence electrons. The molecule has 3 aliphatic rings. The maximum atomic E-state index is 11.0. The van der Waals surface area contributed by atoms with E-state index in [4.69, 9.17) is 26.2 Å². The fourth-order valence-corrected chi connectivity index (χ4v) is 4.52. The first-order valence-electron chi connectivity index (χ1n) is 10.2. The minimum atomic E-state index is -0.705. The van der Waals surface area contributed by atoms with Crippen LogP contribution in [0.5, 0.6) is 11.5 Å². The molecule has 0 radical (unpaired) electrons. The number of hydrogen-bond donors (Lipinski definition) is 1. The molecule has 0 bridgehead atoms. The van der Waals surface area contributed by atoms with E-state index in [2.05, 4.69) is 17.0 Å². The van der Waals surface area contributed by atoms with Crippen molar-refractivity contribution in [1.29, 1.82) is 0 Å². The molecule has 0 spiro atoms. The van der Waals surface area contributed by atoms with Crippen molar-refractivity contribution in [3.63, 3.8) is 0 Å². The molecule has 1 atom stereocenters. The van der Waals surface area contributed by atoms with Crippen molar-refractivity contribution in [2.24, 2.45) is 5.92 Å². The van der Waals surface area contributed by atoms with Gasteiger partial charge in [0.1, 0.15) is 24.7 Å². The quantitative estimate of drug-likeness (QED) is 0.772. The summed E-state index contributed by atoms with van der Waals surface area (Å²) in [6, 6.07) is 12.3. The molecule has 6 heteroatoms. The number of hydrogen-bond acceptors (Lipinski definition) is 4. The van der Waals surface area contributed by atoms with Crippen molar-refractivity contribution in [2.45, 2.75) is 37.8 Å². The van der Waals surface area contributed by atoms with Gasteiger partial charge in [0, 0.05) is 35.8 Å². The van der Waals surface area contributed by atoms with Crippen LogP contribution in [-0.2, 0) is 17.8 Å². The van der Waals surface area contributed by atoms with Gasteiger partial charge in [-0.25, -0.2) is 0 Å². The van der Waals surface area contributed by atoms with Crippen LogP contribution in [0.2, 0.25) is 5.02 Å². The number of carbonyl (C=O) groups is 1. The summed E-state index contributed by atoms with van der Waals surface area (Å²) in [6.45, 7) is 2.26. The van der Waals surface area contributed by atoms with Crippen molar-refractivity contribution in [2.75, 3.05) is 19.7 Å². The molecule has 0 aromatic heterocycles. The van der Waals surface area contributed by atoms with E-state index in [0.29, 0.717) is 32.2 Å². The molecular weight excluding hydrogens is 390 g/mol. The van der Waals surface area contributed by atoms with Gasteiger partial charge >= 0.3 is 5.97 Å². The van der Waals surface area contributed by atoms with Crippen LogP contribution >= 0.6 is 11.6 Å². The lowest BCUT2D eigenvalue weighted by molar-refractivity contribution is -0.149. The average Bonchev–Trinajstić information content (AvgIpc) is 3.50. The molecule has 2 aromatic rings. The number of halogens is 1. The summed E-state index contributed by atoms with van der Waals surface area (Å²) in [6.07, 6.45) is 3.33. The highest BCUT2D eigenvalue weighted by molar-refractivity contribution is 6.31. The van der Waals surface area contributed by atoms with Crippen LogP contribution in [0.1, 0.15) is 35.4 Å². The summed E-state index contributed by atoms with van der Waals surface area (Å²) in [4.78, 5) is 13.2. The number of carboxylic acids is 1. The number of aliphatic carboxylic acids is 1. The van der Waals surface area contributed by atoms with Crippen molar-refractivity contribution in [1.82, 2.24) is 4.90 Å². The number of benzene rings is 2. The highest BCUT2D eigenvalue weighted by Crippen LogP contribution is 2.43. The minimum absolute atomic E-state index is 0.238. The molecule has 1 unspecified atom stereocenters. The molecule has 29 heavy (non-hydrogen) atoms. The molecule has 5 nitrogen and oxygen atoms in total. The number of fused-ring (bicyclic) bond motifs is 1. The van der Waals surface area contributed by atoms with E-state index in [0.717, 1.165) is 34.1 Å². The van der Waals surface area contributed by atoms with E-state index in [1.807, 2.05) is 24.3 Å². The number of likely N-dealkylation sites (tertiary alicyclic amines) is 1. The molecule has 2 aromatic carbocycles. The third kappa shape index (κ3) is 3.81. The predicted molar refractivity (Wildman–Crippen MR) is 110 cm³/mol. The fraction of sp³-hybridized carbons (Fsp3) is 0.435. The van der Waals surface area contributed by atoms with Crippen LogP contribution in [0.25, 0.3) is 0 Å². The molecule has 1 aliphatic carbocycles. The Morgan fingerprint density at radius 3 is 2.83 bits per heavy atom. The number of ether oxygens (including phenoxy) is 2. The van der Waals surface area contributed by atoms with Crippen LogP contribution < -0.4 is 9.47 Å². The second-order valence-corrected chi connectivity index (χ2v) is 8.71. The van der Waals surface area contributed by atoms with Crippen LogP contribution in [-0.4, -0.2) is 41.7 Å². The number of rotatable bonds is 6. The molecule has 1 saturated carbocycles. The highest BCUT2D eigenvalue weighted by atomic mass is 35.5. The lowest BCUT2D eigenvalue weighted by atomic mass is 9.93. The second kappa shape index (κ2) is 7.54. The highest BCUT2D eigenvalue weighted by Gasteiger charge is 2.38. The van der Waals surface area contributed by atoms with Gasteiger partial charge in [-0.3, -0.25) is 9.69 Å². The van der Waals surface area contributed by atoms with Crippen molar-refractivity contribution in [3.8, 4) is 11.5 Å². The summed E-state index contributed by atoms with van der Waals surface area (Å²) in [5.41, 5.74) is 3.54. The van der Waals surface area contributed by atoms with Gasteiger partial charge in [0.05, 0.1) is 5.92 Å². The van der Waals surface area contributed by atoms with E-state index in [9.17, 15) is 4.79 Å². The zero-order valence-electron chi connectivity index (χ0n) is 16.1. The zero-order valence-corrected chi connectivity index (χ0v) is 16.9. The second-order valence-electron chi connectivity index (χ2n) is 8.30. The average molecular weight is 414 g/mol. The van der Waals surface area contributed by atoms with Crippen LogP contribution in [0.4, 0.5) is 0 Å². The first kappa shape index (κ1) is 18.8. The topological polar surface area (TPSA) is 59.0 Å². The third-order valence-electron chi connectivity index (χ3n) is 6.26. The summed E-state index contributed by atoms with van der Waals surface area (Å²) in [7, 11) is 0. The SMILES string of the molecule is O=C(O)C1CN(C2COc3cc(OCc4c(Cl)cccc4C4CC4)ccc3C2)C1. The Bertz CT molecular complexity index is 936. The monoisotopic (exact) mass is 413 g/mol. The molecule has 2 aliphatic heterocycles. The summed E-state index contributed by atoms with van der Waals surface area (Å²) in [5, 5.41) is 9.82. The Kier molecular flexibility index (Phi) is 4.88. The van der Waals surface area contributed by atoms with Gasteiger partial charge < -0.3 is 14.6 Å². The number of carboxylic acid groups (broad SMARTS) is 1. The van der Waals surface area contributed by atoms with E-state index in [1.165, 1.54) is 18.4 Å². The Hall–Kier alpha value is -2.24.